The van der Waals surface area contributed by atoms with Crippen molar-refractivity contribution in [2.45, 2.75) is 26.4 Å². The fourth-order valence-electron chi connectivity index (χ4n) is 0.831. The summed E-state index contributed by atoms with van der Waals surface area (Å²) in [6, 6.07) is 0. The van der Waals surface area contributed by atoms with Crippen LogP contribution in [0.15, 0.2) is 0 Å². The van der Waals surface area contributed by atoms with Gasteiger partial charge in [-0.25, -0.2) is 0 Å². The first-order valence-electron chi connectivity index (χ1n) is 4.59. The summed E-state index contributed by atoms with van der Waals surface area (Å²) in [5, 5.41) is 29.0. The average molecular weight is 259 g/mol. The third-order valence-corrected chi connectivity index (χ3v) is 2.03. The Morgan fingerprint density at radius 1 is 1.38 bits per heavy atom. The number of hydrogen-bond acceptors (Lipinski definition) is 4. The Labute approximate surface area is 124 Å². The van der Waals surface area contributed by atoms with Crippen molar-refractivity contribution in [3.63, 3.8) is 0 Å². The SMILES string of the molecule is CC(C)(CO)C(O)C(=O)NCCC(=O)O.[Ca]. The molecule has 90 valence electrons. The van der Waals surface area contributed by atoms with Gasteiger partial charge >= 0.3 is 5.97 Å². The van der Waals surface area contributed by atoms with E-state index in [2.05, 4.69) is 5.32 Å². The molecule has 6 nitrogen and oxygen atoms in total. The molecule has 0 heterocycles. The van der Waals surface area contributed by atoms with Crippen molar-refractivity contribution in [3.8, 4) is 0 Å². The molecule has 0 bridgehead atoms. The van der Waals surface area contributed by atoms with Crippen LogP contribution in [-0.2, 0) is 9.59 Å². The van der Waals surface area contributed by atoms with E-state index in [1.54, 1.807) is 0 Å². The van der Waals surface area contributed by atoms with Crippen molar-refractivity contribution < 1.29 is 24.9 Å². The quantitative estimate of drug-likeness (QED) is 0.438. The maximum atomic E-state index is 11.3. The number of nitrogens with one attached hydrogen (secondary N) is 1. The Hall–Kier alpha value is 0.120. The van der Waals surface area contributed by atoms with Gasteiger partial charge in [-0.3, -0.25) is 9.59 Å². The van der Waals surface area contributed by atoms with Crippen LogP contribution in [0.2, 0.25) is 0 Å². The van der Waals surface area contributed by atoms with Crippen LogP contribution in [0.25, 0.3) is 0 Å². The number of aliphatic carboxylic acids is 1. The topological polar surface area (TPSA) is 107 Å². The molecule has 1 atom stereocenters. The summed E-state index contributed by atoms with van der Waals surface area (Å²) in [5.74, 6) is -1.69. The van der Waals surface area contributed by atoms with Gasteiger partial charge in [0, 0.05) is 49.7 Å². The first kappa shape index (κ1) is 18.5. The molecule has 0 saturated carbocycles. The van der Waals surface area contributed by atoms with Gasteiger partial charge in [-0.15, -0.1) is 0 Å². The van der Waals surface area contributed by atoms with E-state index in [4.69, 9.17) is 10.2 Å². The third kappa shape index (κ3) is 6.65. The van der Waals surface area contributed by atoms with Crippen molar-refractivity contribution in [1.82, 2.24) is 5.32 Å². The van der Waals surface area contributed by atoms with Gasteiger partial charge in [0.15, 0.2) is 0 Å². The largest absolute Gasteiger partial charge is 0.481 e. The molecule has 1 amide bonds. The van der Waals surface area contributed by atoms with E-state index in [9.17, 15) is 14.7 Å². The molecule has 0 aromatic rings. The van der Waals surface area contributed by atoms with Gasteiger partial charge in [0.1, 0.15) is 6.10 Å². The molecular weight excluding hydrogens is 242 g/mol. The molecule has 16 heavy (non-hydrogen) atoms. The minimum Gasteiger partial charge on any atom is -0.481 e. The van der Waals surface area contributed by atoms with Crippen LogP contribution in [0, 0.1) is 5.41 Å². The maximum Gasteiger partial charge on any atom is 0.305 e. The molecule has 0 fully saturated rings. The van der Waals surface area contributed by atoms with Gasteiger partial charge in [-0.2, -0.15) is 0 Å². The van der Waals surface area contributed by atoms with Gasteiger partial charge in [-0.05, 0) is 0 Å². The van der Waals surface area contributed by atoms with Crippen molar-refractivity contribution in [2.24, 2.45) is 5.41 Å². The smallest absolute Gasteiger partial charge is 0.305 e. The predicted octanol–water partition coefficient (Wildman–Crippen LogP) is -1.42. The van der Waals surface area contributed by atoms with E-state index < -0.39 is 23.4 Å². The zero-order valence-electron chi connectivity index (χ0n) is 9.56. The third-order valence-electron chi connectivity index (χ3n) is 2.03. The van der Waals surface area contributed by atoms with Crippen LogP contribution in [0.4, 0.5) is 0 Å². The van der Waals surface area contributed by atoms with Crippen molar-refractivity contribution in [1.29, 1.82) is 0 Å². The zero-order chi connectivity index (χ0) is 12.1. The number of hydrogen-bond donors (Lipinski definition) is 4. The second-order valence-electron chi connectivity index (χ2n) is 3.98. The van der Waals surface area contributed by atoms with Crippen LogP contribution in [0.3, 0.4) is 0 Å². The summed E-state index contributed by atoms with van der Waals surface area (Å²) in [4.78, 5) is 21.4. The number of carboxylic acid groups (broad SMARTS) is 1. The summed E-state index contributed by atoms with van der Waals surface area (Å²) < 4.78 is 0. The Morgan fingerprint density at radius 2 is 1.88 bits per heavy atom. The van der Waals surface area contributed by atoms with E-state index in [0.29, 0.717) is 0 Å². The predicted molar refractivity (Wildman–Crippen MR) is 57.9 cm³/mol. The van der Waals surface area contributed by atoms with Gasteiger partial charge in [-0.1, -0.05) is 13.8 Å². The van der Waals surface area contributed by atoms with Gasteiger partial charge in [0.05, 0.1) is 13.0 Å². The summed E-state index contributed by atoms with van der Waals surface area (Å²) >= 11 is 0. The van der Waals surface area contributed by atoms with Crippen molar-refractivity contribution in [2.75, 3.05) is 13.2 Å². The van der Waals surface area contributed by atoms with E-state index in [1.807, 2.05) is 0 Å². The van der Waals surface area contributed by atoms with Gasteiger partial charge in [0.25, 0.3) is 0 Å². The van der Waals surface area contributed by atoms with Crippen LogP contribution >= 0.6 is 0 Å². The Morgan fingerprint density at radius 3 is 2.25 bits per heavy atom. The molecule has 0 spiro atoms. The Kier molecular flexibility index (Phi) is 9.53. The number of carbonyl (C=O) groups is 2. The van der Waals surface area contributed by atoms with Crippen molar-refractivity contribution in [3.05, 3.63) is 0 Å². The minimum absolute atomic E-state index is 0. The first-order valence-corrected chi connectivity index (χ1v) is 4.59. The normalized spacial score (nSPS) is 12.5. The fraction of sp³-hybridized carbons (Fsp3) is 0.778. The Bertz CT molecular complexity index is 244. The molecular formula is C9H17CaNO5. The molecule has 0 rings (SSSR count). The molecule has 4 N–H and O–H groups in total. The summed E-state index contributed by atoms with van der Waals surface area (Å²) in [7, 11) is 0. The number of amides is 1. The molecule has 7 heteroatoms. The second-order valence-corrected chi connectivity index (χ2v) is 3.98. The van der Waals surface area contributed by atoms with Crippen LogP contribution in [0.5, 0.6) is 0 Å². The molecule has 0 aliphatic rings. The number of aliphatic hydroxyl groups is 2. The van der Waals surface area contributed by atoms with Crippen molar-refractivity contribution >= 4 is 49.6 Å². The number of rotatable bonds is 6. The summed E-state index contributed by atoms with van der Waals surface area (Å²) in [6.45, 7) is 2.70. The summed E-state index contributed by atoms with van der Waals surface area (Å²) in [6.07, 6.45) is -1.55. The van der Waals surface area contributed by atoms with E-state index in [1.165, 1.54) is 13.8 Å². The number of carbonyl (C=O) groups excluding carboxylic acids is 1. The van der Waals surface area contributed by atoms with Gasteiger partial charge in [0.2, 0.25) is 5.91 Å². The Balaban J connectivity index is 0. The molecule has 0 aliphatic carbocycles. The zero-order valence-corrected chi connectivity index (χ0v) is 11.8. The van der Waals surface area contributed by atoms with Gasteiger partial charge < -0.3 is 20.6 Å². The molecule has 0 aromatic heterocycles. The summed E-state index contributed by atoms with van der Waals surface area (Å²) in [5.41, 5.74) is -0.937. The van der Waals surface area contributed by atoms with Crippen LogP contribution in [0.1, 0.15) is 20.3 Å². The van der Waals surface area contributed by atoms with E-state index >= 15 is 0 Å². The standard InChI is InChI=1S/C9H17NO5.Ca/c1-9(2,5-11)7(14)8(15)10-4-3-6(12)13;/h7,11,14H,3-5H2,1-2H3,(H,10,15)(H,12,13);. The molecule has 1 unspecified atom stereocenters. The van der Waals surface area contributed by atoms with Crippen LogP contribution < -0.4 is 5.32 Å². The van der Waals surface area contributed by atoms with E-state index in [-0.39, 0.29) is 57.3 Å². The molecule has 0 aliphatic heterocycles. The first-order chi connectivity index (χ1) is 6.81. The molecule has 0 aromatic carbocycles. The number of aliphatic hydroxyl groups excluding tert-OH is 2. The van der Waals surface area contributed by atoms with Crippen LogP contribution in [-0.4, -0.2) is 84.2 Å². The monoisotopic (exact) mass is 259 g/mol. The molecule has 0 saturated heterocycles. The maximum absolute atomic E-state index is 11.3. The second kappa shape index (κ2) is 8.25. The van der Waals surface area contributed by atoms with E-state index in [0.717, 1.165) is 0 Å². The fourth-order valence-corrected chi connectivity index (χ4v) is 0.831. The average Bonchev–Trinajstić information content (AvgIpc) is 2.15. The minimum atomic E-state index is -1.35. The molecule has 2 radical (unpaired) electrons. The number of carboxylic acids is 1.